The lowest BCUT2D eigenvalue weighted by molar-refractivity contribution is 0.209. The number of hydrogen-bond donors (Lipinski definition) is 3. The summed E-state index contributed by atoms with van der Waals surface area (Å²) in [6, 6.07) is 2.30. The van der Waals surface area contributed by atoms with Crippen molar-refractivity contribution in [2.45, 2.75) is 0 Å². The first kappa shape index (κ1) is 9.79. The van der Waals surface area contributed by atoms with Gasteiger partial charge in [0, 0.05) is 10.5 Å². The summed E-state index contributed by atoms with van der Waals surface area (Å²) in [4.78, 5) is 10.2. The molecule has 0 aromatic heterocycles. The van der Waals surface area contributed by atoms with Gasteiger partial charge in [-0.05, 0) is 22.0 Å². The molecule has 0 saturated heterocycles. The molecule has 0 atom stereocenters. The van der Waals surface area contributed by atoms with Crippen LogP contribution in [0.2, 0.25) is 0 Å². The Balaban J connectivity index is 3.08. The monoisotopic (exact) mass is 248 g/mol. The summed E-state index contributed by atoms with van der Waals surface area (Å²) in [6.45, 7) is 0. The lowest BCUT2D eigenvalue weighted by atomic mass is 10.3. The third kappa shape index (κ3) is 2.32. The first-order valence-electron chi connectivity index (χ1n) is 3.25. The Kier molecular flexibility index (Phi) is 2.72. The third-order valence-corrected chi connectivity index (χ3v) is 1.98. The Bertz CT molecular complexity index is 357. The van der Waals surface area contributed by atoms with Gasteiger partial charge in [0.05, 0.1) is 11.4 Å². The Morgan fingerprint density at radius 3 is 2.77 bits per heavy atom. The van der Waals surface area contributed by atoms with Gasteiger partial charge < -0.3 is 10.8 Å². The van der Waals surface area contributed by atoms with Gasteiger partial charge in [-0.3, -0.25) is 5.32 Å². The van der Waals surface area contributed by atoms with Crippen molar-refractivity contribution >= 4 is 33.4 Å². The topological polar surface area (TPSA) is 75.3 Å². The minimum atomic E-state index is -1.26. The van der Waals surface area contributed by atoms with Gasteiger partial charge in [0.2, 0.25) is 0 Å². The number of rotatable bonds is 1. The van der Waals surface area contributed by atoms with Gasteiger partial charge in [-0.1, -0.05) is 0 Å². The molecule has 4 N–H and O–H groups in total. The zero-order chi connectivity index (χ0) is 10.0. The van der Waals surface area contributed by atoms with Crippen LogP contribution in [0.1, 0.15) is 0 Å². The van der Waals surface area contributed by atoms with Crippen LogP contribution in [0.15, 0.2) is 16.6 Å². The van der Waals surface area contributed by atoms with Crippen molar-refractivity contribution in [1.29, 1.82) is 0 Å². The molecule has 0 radical (unpaired) electrons. The third-order valence-electron chi connectivity index (χ3n) is 1.33. The van der Waals surface area contributed by atoms with Crippen molar-refractivity contribution in [1.82, 2.24) is 0 Å². The number of halogens is 2. The molecule has 0 aliphatic heterocycles. The number of nitrogens with one attached hydrogen (secondary N) is 1. The van der Waals surface area contributed by atoms with Crippen LogP contribution in [-0.4, -0.2) is 11.2 Å². The zero-order valence-corrected chi connectivity index (χ0v) is 7.93. The SMILES string of the molecule is Nc1cc(Br)c(NC(=O)O)cc1F. The van der Waals surface area contributed by atoms with Gasteiger partial charge in [0.15, 0.2) is 0 Å². The summed E-state index contributed by atoms with van der Waals surface area (Å²) >= 11 is 3.04. The highest BCUT2D eigenvalue weighted by molar-refractivity contribution is 9.10. The number of hydrogen-bond acceptors (Lipinski definition) is 2. The predicted molar refractivity (Wildman–Crippen MR) is 50.2 cm³/mol. The first-order chi connectivity index (χ1) is 6.00. The van der Waals surface area contributed by atoms with E-state index in [0.717, 1.165) is 6.07 Å². The number of carboxylic acid groups (broad SMARTS) is 1. The molecule has 6 heteroatoms. The van der Waals surface area contributed by atoms with Crippen molar-refractivity contribution in [3.8, 4) is 0 Å². The Morgan fingerprint density at radius 2 is 2.23 bits per heavy atom. The normalized spacial score (nSPS) is 9.69. The second kappa shape index (κ2) is 3.61. The molecule has 70 valence electrons. The molecule has 0 aliphatic carbocycles. The molecule has 0 heterocycles. The van der Waals surface area contributed by atoms with E-state index in [-0.39, 0.29) is 11.4 Å². The quantitative estimate of drug-likeness (QED) is 0.668. The number of nitrogens with two attached hydrogens (primary N) is 1. The summed E-state index contributed by atoms with van der Waals surface area (Å²) in [5, 5.41) is 10.4. The molecule has 0 fully saturated rings. The molecule has 0 unspecified atom stereocenters. The van der Waals surface area contributed by atoms with Crippen LogP contribution in [0.5, 0.6) is 0 Å². The summed E-state index contributed by atoms with van der Waals surface area (Å²) < 4.78 is 13.2. The highest BCUT2D eigenvalue weighted by atomic mass is 79.9. The average molecular weight is 249 g/mol. The van der Waals surface area contributed by atoms with Crippen molar-refractivity contribution in [2.24, 2.45) is 0 Å². The molecule has 4 nitrogen and oxygen atoms in total. The molecular weight excluding hydrogens is 243 g/mol. The van der Waals surface area contributed by atoms with E-state index < -0.39 is 11.9 Å². The lowest BCUT2D eigenvalue weighted by Gasteiger charge is -2.05. The zero-order valence-electron chi connectivity index (χ0n) is 6.34. The molecule has 1 amide bonds. The van der Waals surface area contributed by atoms with Crippen molar-refractivity contribution in [3.63, 3.8) is 0 Å². The Morgan fingerprint density at radius 1 is 1.62 bits per heavy atom. The summed E-state index contributed by atoms with van der Waals surface area (Å²) in [5.41, 5.74) is 5.33. The standard InChI is InChI=1S/C7H6BrFN2O2/c8-3-1-5(10)4(9)2-6(3)11-7(12)13/h1-2,11H,10H2,(H,12,13). The van der Waals surface area contributed by atoms with Crippen molar-refractivity contribution in [2.75, 3.05) is 11.1 Å². The van der Waals surface area contributed by atoms with Crippen LogP contribution in [0.4, 0.5) is 20.6 Å². The number of nitrogen functional groups attached to an aromatic ring is 1. The lowest BCUT2D eigenvalue weighted by Crippen LogP contribution is -2.08. The van der Waals surface area contributed by atoms with Crippen LogP contribution in [0, 0.1) is 5.82 Å². The molecule has 0 saturated carbocycles. The number of amides is 1. The van der Waals surface area contributed by atoms with Gasteiger partial charge in [-0.15, -0.1) is 0 Å². The minimum absolute atomic E-state index is 0.0391. The molecule has 1 aromatic rings. The van der Waals surface area contributed by atoms with E-state index >= 15 is 0 Å². The number of benzene rings is 1. The molecule has 1 rings (SSSR count). The molecule has 13 heavy (non-hydrogen) atoms. The van der Waals surface area contributed by atoms with E-state index in [1.54, 1.807) is 0 Å². The fourth-order valence-corrected chi connectivity index (χ4v) is 1.23. The fourth-order valence-electron chi connectivity index (χ4n) is 0.773. The van der Waals surface area contributed by atoms with Gasteiger partial charge in [0.25, 0.3) is 0 Å². The molecule has 0 bridgehead atoms. The van der Waals surface area contributed by atoms with Crippen LogP contribution in [0.25, 0.3) is 0 Å². The van der Waals surface area contributed by atoms with Gasteiger partial charge >= 0.3 is 6.09 Å². The molecule has 0 spiro atoms. The minimum Gasteiger partial charge on any atom is -0.465 e. The van der Waals surface area contributed by atoms with E-state index in [0.29, 0.717) is 4.47 Å². The summed E-state index contributed by atoms with van der Waals surface area (Å²) in [5.74, 6) is -0.660. The van der Waals surface area contributed by atoms with E-state index in [1.807, 2.05) is 5.32 Å². The van der Waals surface area contributed by atoms with Crippen LogP contribution < -0.4 is 11.1 Å². The first-order valence-corrected chi connectivity index (χ1v) is 4.04. The van der Waals surface area contributed by atoms with Crippen LogP contribution in [-0.2, 0) is 0 Å². The van der Waals surface area contributed by atoms with E-state index in [4.69, 9.17) is 10.8 Å². The van der Waals surface area contributed by atoms with Crippen molar-refractivity contribution in [3.05, 3.63) is 22.4 Å². The Labute approximate surface area is 81.7 Å². The van der Waals surface area contributed by atoms with Gasteiger partial charge in [-0.2, -0.15) is 0 Å². The summed E-state index contributed by atoms with van der Waals surface area (Å²) in [6.07, 6.45) is -1.26. The Hall–Kier alpha value is -1.30. The van der Waals surface area contributed by atoms with E-state index in [9.17, 15) is 9.18 Å². The number of anilines is 2. The second-order valence-electron chi connectivity index (χ2n) is 2.28. The van der Waals surface area contributed by atoms with Crippen LogP contribution in [0.3, 0.4) is 0 Å². The maximum absolute atomic E-state index is 12.8. The van der Waals surface area contributed by atoms with Gasteiger partial charge in [0.1, 0.15) is 5.82 Å². The average Bonchev–Trinajstić information content (AvgIpc) is 1.99. The second-order valence-corrected chi connectivity index (χ2v) is 3.14. The van der Waals surface area contributed by atoms with Gasteiger partial charge in [-0.25, -0.2) is 9.18 Å². The van der Waals surface area contributed by atoms with Crippen LogP contribution >= 0.6 is 15.9 Å². The molecule has 0 aliphatic rings. The molecular formula is C7H6BrFN2O2. The highest BCUT2D eigenvalue weighted by Gasteiger charge is 2.07. The van der Waals surface area contributed by atoms with E-state index in [1.165, 1.54) is 6.07 Å². The predicted octanol–water partition coefficient (Wildman–Crippen LogP) is 2.26. The molecule has 1 aromatic carbocycles. The summed E-state index contributed by atoms with van der Waals surface area (Å²) in [7, 11) is 0. The largest absolute Gasteiger partial charge is 0.465 e. The van der Waals surface area contributed by atoms with E-state index in [2.05, 4.69) is 15.9 Å². The highest BCUT2D eigenvalue weighted by Crippen LogP contribution is 2.26. The fraction of sp³-hybridized carbons (Fsp3) is 0. The maximum Gasteiger partial charge on any atom is 0.409 e. The maximum atomic E-state index is 12.8. The number of carbonyl (C=O) groups is 1. The smallest absolute Gasteiger partial charge is 0.409 e. The van der Waals surface area contributed by atoms with Crippen molar-refractivity contribution < 1.29 is 14.3 Å².